The number of aromatic nitrogens is 1. The van der Waals surface area contributed by atoms with Crippen molar-refractivity contribution in [1.29, 1.82) is 0 Å². The van der Waals surface area contributed by atoms with Crippen molar-refractivity contribution < 1.29 is 4.79 Å². The first kappa shape index (κ1) is 8.75. The van der Waals surface area contributed by atoms with E-state index in [1.807, 2.05) is 18.2 Å². The molecule has 0 radical (unpaired) electrons. The summed E-state index contributed by atoms with van der Waals surface area (Å²) in [6, 6.07) is 5.88. The lowest BCUT2D eigenvalue weighted by molar-refractivity contribution is -0.117. The Hall–Kier alpha value is -0.830. The second-order valence-electron chi connectivity index (χ2n) is 3.19. The van der Waals surface area contributed by atoms with Crippen molar-refractivity contribution in [3.05, 3.63) is 24.4 Å². The van der Waals surface area contributed by atoms with E-state index in [0.29, 0.717) is 11.0 Å². The van der Waals surface area contributed by atoms with E-state index >= 15 is 0 Å². The van der Waals surface area contributed by atoms with E-state index in [9.17, 15) is 4.79 Å². The Bertz CT molecular complexity index is 299. The van der Waals surface area contributed by atoms with Crippen LogP contribution in [0.1, 0.15) is 19.3 Å². The van der Waals surface area contributed by atoms with Gasteiger partial charge in [-0.3, -0.25) is 4.79 Å². The van der Waals surface area contributed by atoms with E-state index < -0.39 is 0 Å². The molecule has 0 aromatic carbocycles. The third-order valence-corrected chi connectivity index (χ3v) is 3.34. The molecule has 0 spiro atoms. The van der Waals surface area contributed by atoms with Gasteiger partial charge in [0.25, 0.3) is 0 Å². The van der Waals surface area contributed by atoms with Gasteiger partial charge in [-0.2, -0.15) is 0 Å². The largest absolute Gasteiger partial charge is 0.300 e. The van der Waals surface area contributed by atoms with Crippen LogP contribution in [-0.4, -0.2) is 16.0 Å². The molecule has 1 atom stereocenters. The predicted octanol–water partition coefficient (Wildman–Crippen LogP) is 2.30. The predicted molar refractivity (Wildman–Crippen MR) is 52.7 cm³/mol. The minimum Gasteiger partial charge on any atom is -0.300 e. The lowest BCUT2D eigenvalue weighted by atomic mass is 10.4. The molecule has 68 valence electrons. The van der Waals surface area contributed by atoms with Crippen LogP contribution in [0.15, 0.2) is 29.4 Å². The van der Waals surface area contributed by atoms with Crippen LogP contribution in [0.25, 0.3) is 0 Å². The number of nitrogens with zero attached hydrogens (tertiary/aromatic N) is 1. The Morgan fingerprint density at radius 1 is 1.46 bits per heavy atom. The van der Waals surface area contributed by atoms with Crippen LogP contribution in [0.5, 0.6) is 0 Å². The Labute approximate surface area is 81.8 Å². The molecule has 13 heavy (non-hydrogen) atoms. The van der Waals surface area contributed by atoms with Gasteiger partial charge in [0, 0.05) is 24.3 Å². The summed E-state index contributed by atoms with van der Waals surface area (Å²) in [6.45, 7) is 0. The summed E-state index contributed by atoms with van der Waals surface area (Å²) >= 11 is 1.72. The Morgan fingerprint density at radius 3 is 3.00 bits per heavy atom. The standard InChI is InChI=1S/C10H11NOS/c12-8-4-5-9(7-8)13-10-3-1-2-6-11-10/h1-3,6,9H,4-5,7H2. The fourth-order valence-corrected chi connectivity index (χ4v) is 2.59. The summed E-state index contributed by atoms with van der Waals surface area (Å²) in [7, 11) is 0. The van der Waals surface area contributed by atoms with Crippen molar-refractivity contribution in [2.75, 3.05) is 0 Å². The minimum atomic E-state index is 0.397. The smallest absolute Gasteiger partial charge is 0.134 e. The highest BCUT2D eigenvalue weighted by Crippen LogP contribution is 2.31. The third-order valence-electron chi connectivity index (χ3n) is 2.13. The average Bonchev–Trinajstić information content (AvgIpc) is 2.53. The number of ketones is 1. The van der Waals surface area contributed by atoms with Crippen LogP contribution in [-0.2, 0) is 4.79 Å². The topological polar surface area (TPSA) is 30.0 Å². The molecule has 2 nitrogen and oxygen atoms in total. The summed E-state index contributed by atoms with van der Waals surface area (Å²) in [5.74, 6) is 0.397. The van der Waals surface area contributed by atoms with Crippen molar-refractivity contribution in [2.24, 2.45) is 0 Å². The Balaban J connectivity index is 1.96. The van der Waals surface area contributed by atoms with Crippen LogP contribution in [0.3, 0.4) is 0 Å². The summed E-state index contributed by atoms with van der Waals surface area (Å²) < 4.78 is 0. The fraction of sp³-hybridized carbons (Fsp3) is 0.400. The van der Waals surface area contributed by atoms with Gasteiger partial charge in [0.1, 0.15) is 5.78 Å². The molecule has 1 aliphatic carbocycles. The first-order valence-electron chi connectivity index (χ1n) is 4.44. The van der Waals surface area contributed by atoms with Gasteiger partial charge >= 0.3 is 0 Å². The van der Waals surface area contributed by atoms with E-state index in [0.717, 1.165) is 24.3 Å². The number of hydrogen-bond donors (Lipinski definition) is 0. The van der Waals surface area contributed by atoms with Crippen LogP contribution in [0.2, 0.25) is 0 Å². The van der Waals surface area contributed by atoms with Gasteiger partial charge in [-0.05, 0) is 18.6 Å². The summed E-state index contributed by atoms with van der Waals surface area (Å²) in [4.78, 5) is 15.2. The molecule has 1 fully saturated rings. The Kier molecular flexibility index (Phi) is 2.64. The number of thioether (sulfide) groups is 1. The highest BCUT2D eigenvalue weighted by atomic mass is 32.2. The van der Waals surface area contributed by atoms with Gasteiger partial charge in [0.15, 0.2) is 0 Å². The van der Waals surface area contributed by atoms with E-state index in [-0.39, 0.29) is 0 Å². The maximum atomic E-state index is 11.0. The molecular weight excluding hydrogens is 182 g/mol. The molecule has 2 rings (SSSR count). The molecule has 3 heteroatoms. The zero-order valence-corrected chi connectivity index (χ0v) is 8.09. The minimum absolute atomic E-state index is 0.397. The second-order valence-corrected chi connectivity index (χ2v) is 4.51. The van der Waals surface area contributed by atoms with Crippen molar-refractivity contribution in [1.82, 2.24) is 4.98 Å². The van der Waals surface area contributed by atoms with Crippen LogP contribution in [0, 0.1) is 0 Å². The van der Waals surface area contributed by atoms with Gasteiger partial charge in [-0.15, -0.1) is 11.8 Å². The van der Waals surface area contributed by atoms with E-state index in [4.69, 9.17) is 0 Å². The van der Waals surface area contributed by atoms with Crippen LogP contribution >= 0.6 is 11.8 Å². The highest BCUT2D eigenvalue weighted by molar-refractivity contribution is 7.99. The zero-order valence-electron chi connectivity index (χ0n) is 7.27. The maximum Gasteiger partial charge on any atom is 0.134 e. The molecule has 1 unspecified atom stereocenters. The molecule has 0 aliphatic heterocycles. The molecule has 1 aliphatic rings. The van der Waals surface area contributed by atoms with Crippen molar-refractivity contribution in [2.45, 2.75) is 29.5 Å². The molecule has 1 saturated carbocycles. The van der Waals surface area contributed by atoms with Crippen molar-refractivity contribution in [3.8, 4) is 0 Å². The molecule has 0 N–H and O–H groups in total. The van der Waals surface area contributed by atoms with Gasteiger partial charge in [-0.1, -0.05) is 6.07 Å². The van der Waals surface area contributed by atoms with Crippen LogP contribution < -0.4 is 0 Å². The number of hydrogen-bond acceptors (Lipinski definition) is 3. The lowest BCUT2D eigenvalue weighted by Gasteiger charge is -2.05. The van der Waals surface area contributed by atoms with Gasteiger partial charge in [0.2, 0.25) is 0 Å². The monoisotopic (exact) mass is 193 g/mol. The van der Waals surface area contributed by atoms with E-state index in [1.165, 1.54) is 0 Å². The summed E-state index contributed by atoms with van der Waals surface area (Å²) in [6.07, 6.45) is 4.28. The fourth-order valence-electron chi connectivity index (χ4n) is 1.47. The van der Waals surface area contributed by atoms with Crippen molar-refractivity contribution >= 4 is 17.5 Å². The summed E-state index contributed by atoms with van der Waals surface area (Å²) in [5.41, 5.74) is 0. The first-order valence-corrected chi connectivity index (χ1v) is 5.32. The molecule has 0 amide bonds. The highest BCUT2D eigenvalue weighted by Gasteiger charge is 2.22. The lowest BCUT2D eigenvalue weighted by Crippen LogP contribution is -1.96. The number of carbonyl (C=O) groups excluding carboxylic acids is 1. The van der Waals surface area contributed by atoms with Crippen molar-refractivity contribution in [3.63, 3.8) is 0 Å². The zero-order chi connectivity index (χ0) is 9.10. The van der Waals surface area contributed by atoms with E-state index in [1.54, 1.807) is 18.0 Å². The molecular formula is C10H11NOS. The third kappa shape index (κ3) is 2.31. The second kappa shape index (κ2) is 3.92. The van der Waals surface area contributed by atoms with Crippen LogP contribution in [0.4, 0.5) is 0 Å². The number of Topliss-reactive ketones (excluding diaryl/α,β-unsaturated/α-hetero) is 1. The van der Waals surface area contributed by atoms with Gasteiger partial charge in [0.05, 0.1) is 5.03 Å². The molecule has 0 saturated heterocycles. The van der Waals surface area contributed by atoms with E-state index in [2.05, 4.69) is 4.98 Å². The summed E-state index contributed by atoms with van der Waals surface area (Å²) in [5, 5.41) is 1.49. The van der Waals surface area contributed by atoms with Gasteiger partial charge in [-0.25, -0.2) is 4.98 Å². The molecule has 1 aromatic heterocycles. The number of rotatable bonds is 2. The number of carbonyl (C=O) groups is 1. The SMILES string of the molecule is O=C1CCC(Sc2ccccn2)C1. The average molecular weight is 193 g/mol. The normalized spacial score (nSPS) is 22.2. The molecule has 1 heterocycles. The number of pyridine rings is 1. The maximum absolute atomic E-state index is 11.0. The van der Waals surface area contributed by atoms with Gasteiger partial charge < -0.3 is 0 Å². The quantitative estimate of drug-likeness (QED) is 0.722. The Morgan fingerprint density at radius 2 is 2.38 bits per heavy atom. The molecule has 0 bridgehead atoms. The first-order chi connectivity index (χ1) is 6.34. The molecule has 1 aromatic rings.